The molecular formula is C19H26N4O2. The summed E-state index contributed by atoms with van der Waals surface area (Å²) in [6.45, 7) is 1.68. The van der Waals surface area contributed by atoms with Gasteiger partial charge in [0.25, 0.3) is 0 Å². The number of rotatable bonds is 5. The molecule has 1 saturated heterocycles. The van der Waals surface area contributed by atoms with Crippen LogP contribution in [0.25, 0.3) is 0 Å². The highest BCUT2D eigenvalue weighted by Crippen LogP contribution is 2.28. The first-order valence-electron chi connectivity index (χ1n) is 8.75. The van der Waals surface area contributed by atoms with E-state index >= 15 is 0 Å². The molecule has 25 heavy (non-hydrogen) atoms. The van der Waals surface area contributed by atoms with Crippen LogP contribution in [0.3, 0.4) is 0 Å². The van der Waals surface area contributed by atoms with E-state index in [1.165, 1.54) is 0 Å². The lowest BCUT2D eigenvalue weighted by Crippen LogP contribution is -2.45. The number of carbonyl (C=O) groups excluding carboxylic acids is 1. The van der Waals surface area contributed by atoms with Crippen LogP contribution >= 0.6 is 0 Å². The molecule has 0 aliphatic carbocycles. The number of para-hydroxylation sites is 1. The molecule has 1 aromatic carbocycles. The Balaban J connectivity index is 1.61. The molecule has 6 nitrogen and oxygen atoms in total. The molecule has 0 saturated carbocycles. The van der Waals surface area contributed by atoms with Crippen molar-refractivity contribution in [2.45, 2.75) is 18.9 Å². The molecule has 134 valence electrons. The summed E-state index contributed by atoms with van der Waals surface area (Å²) in [5.41, 5.74) is 1.03. The van der Waals surface area contributed by atoms with Gasteiger partial charge in [0.05, 0.1) is 6.54 Å². The maximum absolute atomic E-state index is 12.7. The summed E-state index contributed by atoms with van der Waals surface area (Å²) in [5, 5.41) is 10.6. The monoisotopic (exact) mass is 342 g/mol. The summed E-state index contributed by atoms with van der Waals surface area (Å²) in [6.07, 6.45) is 4.71. The lowest BCUT2D eigenvalue weighted by Gasteiger charge is -2.36. The Morgan fingerprint density at radius 3 is 2.84 bits per heavy atom. The summed E-state index contributed by atoms with van der Waals surface area (Å²) < 4.78 is 1.84. The van der Waals surface area contributed by atoms with E-state index in [2.05, 4.69) is 4.98 Å². The van der Waals surface area contributed by atoms with Crippen molar-refractivity contribution in [2.75, 3.05) is 31.6 Å². The number of amides is 1. The summed E-state index contributed by atoms with van der Waals surface area (Å²) in [6, 6.07) is 9.90. The third-order valence-corrected chi connectivity index (χ3v) is 4.95. The molecule has 6 heteroatoms. The fourth-order valence-electron chi connectivity index (χ4n) is 3.44. The van der Waals surface area contributed by atoms with Crippen LogP contribution in [-0.4, -0.2) is 52.1 Å². The molecule has 2 atom stereocenters. The number of hydrogen-bond acceptors (Lipinski definition) is 4. The second-order valence-electron chi connectivity index (χ2n) is 6.77. The van der Waals surface area contributed by atoms with Crippen LogP contribution in [0.5, 0.6) is 0 Å². The van der Waals surface area contributed by atoms with Crippen molar-refractivity contribution < 1.29 is 9.90 Å². The third kappa shape index (κ3) is 4.02. The van der Waals surface area contributed by atoms with E-state index in [0.717, 1.165) is 25.1 Å². The summed E-state index contributed by atoms with van der Waals surface area (Å²) in [7, 11) is 3.81. The smallest absolute Gasteiger partial charge is 0.242 e. The number of imidazole rings is 1. The first-order valence-corrected chi connectivity index (χ1v) is 8.75. The lowest BCUT2D eigenvalue weighted by atomic mass is 9.92. The molecule has 2 heterocycles. The number of aromatic nitrogens is 2. The van der Waals surface area contributed by atoms with Crippen LogP contribution in [0.2, 0.25) is 0 Å². The van der Waals surface area contributed by atoms with Crippen molar-refractivity contribution >= 4 is 11.6 Å². The van der Waals surface area contributed by atoms with Crippen molar-refractivity contribution in [3.63, 3.8) is 0 Å². The fraction of sp³-hybridized carbons (Fsp3) is 0.474. The highest BCUT2D eigenvalue weighted by atomic mass is 16.3. The Morgan fingerprint density at radius 2 is 2.16 bits per heavy atom. The van der Waals surface area contributed by atoms with Crippen LogP contribution in [0.1, 0.15) is 24.8 Å². The zero-order valence-electron chi connectivity index (χ0n) is 14.9. The van der Waals surface area contributed by atoms with Crippen LogP contribution in [0.4, 0.5) is 5.69 Å². The van der Waals surface area contributed by atoms with Gasteiger partial charge in [0.15, 0.2) is 0 Å². The largest absolute Gasteiger partial charge is 0.385 e. The van der Waals surface area contributed by atoms with E-state index < -0.39 is 6.10 Å². The minimum atomic E-state index is -0.637. The number of likely N-dealkylation sites (tertiary alicyclic amines) is 1. The van der Waals surface area contributed by atoms with E-state index in [1.807, 2.05) is 65.0 Å². The highest BCUT2D eigenvalue weighted by molar-refractivity contribution is 5.81. The predicted octanol–water partition coefficient (Wildman–Crippen LogP) is 1.83. The van der Waals surface area contributed by atoms with Crippen LogP contribution in [-0.2, 0) is 11.8 Å². The number of benzene rings is 1. The molecule has 0 spiro atoms. The van der Waals surface area contributed by atoms with Gasteiger partial charge < -0.3 is 19.5 Å². The van der Waals surface area contributed by atoms with Gasteiger partial charge in [-0.05, 0) is 25.0 Å². The Kier molecular flexibility index (Phi) is 5.38. The molecule has 1 aromatic heterocycles. The molecule has 1 aliphatic heterocycles. The minimum absolute atomic E-state index is 0.0285. The van der Waals surface area contributed by atoms with E-state index in [-0.39, 0.29) is 11.8 Å². The van der Waals surface area contributed by atoms with Gasteiger partial charge in [-0.25, -0.2) is 4.98 Å². The Bertz CT molecular complexity index is 700. The van der Waals surface area contributed by atoms with Gasteiger partial charge in [0.1, 0.15) is 11.9 Å². The van der Waals surface area contributed by atoms with Gasteiger partial charge in [0, 0.05) is 51.2 Å². The quantitative estimate of drug-likeness (QED) is 0.900. The first-order chi connectivity index (χ1) is 12.1. The van der Waals surface area contributed by atoms with Crippen molar-refractivity contribution in [2.24, 2.45) is 13.0 Å². The van der Waals surface area contributed by atoms with Gasteiger partial charge in [-0.3, -0.25) is 4.79 Å². The number of anilines is 1. The second kappa shape index (κ2) is 7.70. The predicted molar refractivity (Wildman–Crippen MR) is 97.2 cm³/mol. The normalized spacial score (nSPS) is 18.8. The van der Waals surface area contributed by atoms with E-state index in [1.54, 1.807) is 6.20 Å². The van der Waals surface area contributed by atoms with Gasteiger partial charge in [-0.1, -0.05) is 18.2 Å². The number of carbonyl (C=O) groups is 1. The number of aliphatic hydroxyl groups is 1. The van der Waals surface area contributed by atoms with Gasteiger partial charge >= 0.3 is 0 Å². The molecule has 2 unspecified atom stereocenters. The molecule has 0 bridgehead atoms. The fourth-order valence-corrected chi connectivity index (χ4v) is 3.44. The van der Waals surface area contributed by atoms with E-state index in [9.17, 15) is 9.90 Å². The molecular weight excluding hydrogens is 316 g/mol. The van der Waals surface area contributed by atoms with Crippen LogP contribution in [0.15, 0.2) is 42.7 Å². The maximum atomic E-state index is 12.7. The highest BCUT2D eigenvalue weighted by Gasteiger charge is 2.31. The van der Waals surface area contributed by atoms with Crippen molar-refractivity contribution in [1.29, 1.82) is 0 Å². The number of aryl methyl sites for hydroxylation is 1. The lowest BCUT2D eigenvalue weighted by molar-refractivity contribution is -0.132. The molecule has 1 amide bonds. The number of nitrogens with zero attached hydrogens (tertiary/aromatic N) is 4. The van der Waals surface area contributed by atoms with Crippen molar-refractivity contribution in [3.8, 4) is 0 Å². The molecule has 1 fully saturated rings. The van der Waals surface area contributed by atoms with Gasteiger partial charge in [-0.2, -0.15) is 0 Å². The summed E-state index contributed by atoms with van der Waals surface area (Å²) in [5.74, 6) is 0.796. The minimum Gasteiger partial charge on any atom is -0.385 e. The van der Waals surface area contributed by atoms with Gasteiger partial charge in [0.2, 0.25) is 5.91 Å². The maximum Gasteiger partial charge on any atom is 0.242 e. The average molecular weight is 342 g/mol. The number of hydrogen-bond donors (Lipinski definition) is 1. The average Bonchev–Trinajstić information content (AvgIpc) is 3.07. The standard InChI is InChI=1S/C19H26N4O2/c1-21-12-10-20-19(21)18(25)15-7-6-11-23(13-15)17(24)14-22(2)16-8-4-3-5-9-16/h3-5,8-10,12,15,18,25H,6-7,11,13-14H2,1-2H3. The molecule has 2 aromatic rings. The third-order valence-electron chi connectivity index (χ3n) is 4.95. The topological polar surface area (TPSA) is 61.6 Å². The Labute approximate surface area is 148 Å². The van der Waals surface area contributed by atoms with Crippen LogP contribution < -0.4 is 4.90 Å². The zero-order valence-corrected chi connectivity index (χ0v) is 14.9. The number of aliphatic hydroxyl groups excluding tert-OH is 1. The SMILES string of the molecule is CN(CC(=O)N1CCCC(C(O)c2nccn2C)C1)c1ccccc1. The van der Waals surface area contributed by atoms with Crippen LogP contribution in [0, 0.1) is 5.92 Å². The molecule has 3 rings (SSSR count). The van der Waals surface area contributed by atoms with Crippen molar-refractivity contribution in [3.05, 3.63) is 48.5 Å². The Hall–Kier alpha value is -2.34. The second-order valence-corrected chi connectivity index (χ2v) is 6.77. The molecule has 1 N–H and O–H groups in total. The van der Waals surface area contributed by atoms with E-state index in [4.69, 9.17) is 0 Å². The Morgan fingerprint density at radius 1 is 1.40 bits per heavy atom. The number of likely N-dealkylation sites (N-methyl/N-ethyl adjacent to an activating group) is 1. The summed E-state index contributed by atoms with van der Waals surface area (Å²) >= 11 is 0. The number of piperidine rings is 1. The van der Waals surface area contributed by atoms with Crippen molar-refractivity contribution in [1.82, 2.24) is 14.5 Å². The molecule has 1 aliphatic rings. The first kappa shape index (κ1) is 17.5. The zero-order chi connectivity index (χ0) is 17.8. The van der Waals surface area contributed by atoms with E-state index in [0.29, 0.717) is 18.9 Å². The summed E-state index contributed by atoms with van der Waals surface area (Å²) in [4.78, 5) is 20.8. The molecule has 0 radical (unpaired) electrons. The van der Waals surface area contributed by atoms with Gasteiger partial charge in [-0.15, -0.1) is 0 Å².